The lowest BCUT2D eigenvalue weighted by Gasteiger charge is -2.23. The predicted molar refractivity (Wildman–Crippen MR) is 82.2 cm³/mol. The monoisotopic (exact) mass is 311 g/mol. The number of anilines is 1. The molecule has 0 fully saturated rings. The van der Waals surface area contributed by atoms with Crippen molar-refractivity contribution in [2.24, 2.45) is 0 Å². The number of nitro benzene ring substituents is 1. The second-order valence-electron chi connectivity index (χ2n) is 4.50. The number of ether oxygens (including phenoxy) is 1. The number of aryl methyl sites for hydroxylation is 1. The number of methoxy groups -OCH3 is 1. The third-order valence-corrected chi connectivity index (χ3v) is 4.00. The summed E-state index contributed by atoms with van der Waals surface area (Å²) in [6.07, 6.45) is 0. The maximum absolute atomic E-state index is 11.3. The van der Waals surface area contributed by atoms with Crippen LogP contribution in [0, 0.1) is 17.0 Å². The van der Waals surface area contributed by atoms with Gasteiger partial charge in [0.15, 0.2) is 0 Å². The van der Waals surface area contributed by atoms with Crippen LogP contribution in [0.3, 0.4) is 0 Å². The SMILES string of the molecule is COCCN(CCO)c1cc2nc(C)sc2cc1[N+](=O)[O-]. The molecule has 8 heteroatoms. The second kappa shape index (κ2) is 6.79. The molecule has 0 atom stereocenters. The van der Waals surface area contributed by atoms with Gasteiger partial charge in [0.05, 0.1) is 33.4 Å². The van der Waals surface area contributed by atoms with Crippen LogP contribution in [0.15, 0.2) is 12.1 Å². The van der Waals surface area contributed by atoms with E-state index in [1.165, 1.54) is 11.3 Å². The maximum Gasteiger partial charge on any atom is 0.294 e. The average Bonchev–Trinajstić information content (AvgIpc) is 2.81. The zero-order valence-corrected chi connectivity index (χ0v) is 12.7. The van der Waals surface area contributed by atoms with Crippen LogP contribution in [0.5, 0.6) is 0 Å². The normalized spacial score (nSPS) is 11.0. The van der Waals surface area contributed by atoms with Crippen molar-refractivity contribution in [3.8, 4) is 0 Å². The first-order chi connectivity index (χ1) is 10.1. The van der Waals surface area contributed by atoms with Crippen LogP contribution in [0.2, 0.25) is 0 Å². The van der Waals surface area contributed by atoms with Crippen LogP contribution in [-0.2, 0) is 4.74 Å². The smallest absolute Gasteiger partial charge is 0.294 e. The number of thiazole rings is 1. The lowest BCUT2D eigenvalue weighted by atomic mass is 10.2. The van der Waals surface area contributed by atoms with Crippen molar-refractivity contribution in [1.29, 1.82) is 0 Å². The molecule has 0 radical (unpaired) electrons. The van der Waals surface area contributed by atoms with Crippen LogP contribution < -0.4 is 4.90 Å². The zero-order valence-electron chi connectivity index (χ0n) is 11.9. The second-order valence-corrected chi connectivity index (χ2v) is 5.74. The van der Waals surface area contributed by atoms with Crippen molar-refractivity contribution in [3.05, 3.63) is 27.3 Å². The van der Waals surface area contributed by atoms with E-state index in [4.69, 9.17) is 4.74 Å². The summed E-state index contributed by atoms with van der Waals surface area (Å²) in [4.78, 5) is 17.0. The molecule has 7 nitrogen and oxygen atoms in total. The van der Waals surface area contributed by atoms with E-state index in [-0.39, 0.29) is 12.3 Å². The fraction of sp³-hybridized carbons (Fsp3) is 0.462. The molecule has 0 amide bonds. The van der Waals surface area contributed by atoms with Crippen LogP contribution in [0.1, 0.15) is 5.01 Å². The lowest BCUT2D eigenvalue weighted by molar-refractivity contribution is -0.384. The number of hydrogen-bond donors (Lipinski definition) is 1. The van der Waals surface area contributed by atoms with Crippen LogP contribution in [0.25, 0.3) is 10.2 Å². The van der Waals surface area contributed by atoms with Gasteiger partial charge in [-0.3, -0.25) is 10.1 Å². The van der Waals surface area contributed by atoms with Crippen LogP contribution in [-0.4, -0.2) is 48.4 Å². The Balaban J connectivity index is 2.51. The molecule has 114 valence electrons. The number of nitrogens with zero attached hydrogens (tertiary/aromatic N) is 3. The summed E-state index contributed by atoms with van der Waals surface area (Å²) in [6, 6.07) is 3.26. The quantitative estimate of drug-likeness (QED) is 0.621. The Kier molecular flexibility index (Phi) is 5.05. The molecule has 1 aromatic heterocycles. The minimum Gasteiger partial charge on any atom is -0.395 e. The topological polar surface area (TPSA) is 88.7 Å². The number of benzene rings is 1. The molecule has 21 heavy (non-hydrogen) atoms. The first kappa shape index (κ1) is 15.6. The summed E-state index contributed by atoms with van der Waals surface area (Å²) in [5.74, 6) is 0. The van der Waals surface area contributed by atoms with Gasteiger partial charge in [0.25, 0.3) is 5.69 Å². The van der Waals surface area contributed by atoms with Gasteiger partial charge in [-0.25, -0.2) is 4.98 Å². The molecule has 0 aliphatic carbocycles. The number of nitro groups is 1. The van der Waals surface area contributed by atoms with Crippen LogP contribution >= 0.6 is 11.3 Å². The van der Waals surface area contributed by atoms with Gasteiger partial charge in [-0.1, -0.05) is 0 Å². The Hall–Kier alpha value is -1.77. The van der Waals surface area contributed by atoms with Gasteiger partial charge < -0.3 is 14.7 Å². The Labute approximate surface area is 125 Å². The Bertz CT molecular complexity index is 644. The van der Waals surface area contributed by atoms with Crippen molar-refractivity contribution in [2.75, 3.05) is 38.3 Å². The van der Waals surface area contributed by atoms with Gasteiger partial charge in [0.2, 0.25) is 0 Å². The molecule has 1 heterocycles. The van der Waals surface area contributed by atoms with E-state index in [0.717, 1.165) is 15.2 Å². The third-order valence-electron chi connectivity index (χ3n) is 3.06. The van der Waals surface area contributed by atoms with E-state index in [1.54, 1.807) is 24.1 Å². The van der Waals surface area contributed by atoms with E-state index < -0.39 is 4.92 Å². The maximum atomic E-state index is 11.3. The summed E-state index contributed by atoms with van der Waals surface area (Å²) in [6.45, 7) is 2.97. The number of hydrogen-bond acceptors (Lipinski definition) is 7. The standard InChI is InChI=1S/C13H17N3O4S/c1-9-14-10-7-11(15(3-5-17)4-6-20-2)12(16(18)19)8-13(10)21-9/h7-8,17H,3-6H2,1-2H3. The molecular weight excluding hydrogens is 294 g/mol. The molecule has 0 unspecified atom stereocenters. The number of fused-ring (bicyclic) bond motifs is 1. The van der Waals surface area contributed by atoms with Crippen molar-refractivity contribution >= 4 is 32.9 Å². The van der Waals surface area contributed by atoms with Crippen molar-refractivity contribution in [3.63, 3.8) is 0 Å². The lowest BCUT2D eigenvalue weighted by Crippen LogP contribution is -2.30. The Morgan fingerprint density at radius 2 is 2.24 bits per heavy atom. The summed E-state index contributed by atoms with van der Waals surface area (Å²) in [5.41, 5.74) is 1.22. The molecule has 1 aromatic carbocycles. The molecule has 0 saturated carbocycles. The summed E-state index contributed by atoms with van der Waals surface area (Å²) >= 11 is 1.43. The van der Waals surface area contributed by atoms with Gasteiger partial charge in [-0.05, 0) is 13.0 Å². The largest absolute Gasteiger partial charge is 0.395 e. The highest BCUT2D eigenvalue weighted by atomic mass is 32.1. The fourth-order valence-corrected chi connectivity index (χ4v) is 2.98. The molecular formula is C13H17N3O4S. The molecule has 0 aliphatic rings. The first-order valence-corrected chi connectivity index (χ1v) is 7.28. The van der Waals surface area contributed by atoms with E-state index in [2.05, 4.69) is 4.98 Å². The van der Waals surface area contributed by atoms with Crippen molar-refractivity contribution < 1.29 is 14.8 Å². The predicted octanol–water partition coefficient (Wildman–Crippen LogP) is 1.96. The highest BCUT2D eigenvalue weighted by Gasteiger charge is 2.21. The fourth-order valence-electron chi connectivity index (χ4n) is 2.14. The van der Waals surface area contributed by atoms with Gasteiger partial charge >= 0.3 is 0 Å². The van der Waals surface area contributed by atoms with E-state index in [0.29, 0.717) is 25.4 Å². The van der Waals surface area contributed by atoms with Crippen molar-refractivity contribution in [2.45, 2.75) is 6.92 Å². The molecule has 0 spiro atoms. The summed E-state index contributed by atoms with van der Waals surface area (Å²) < 4.78 is 5.82. The van der Waals surface area contributed by atoms with Gasteiger partial charge in [0.1, 0.15) is 5.69 Å². The zero-order chi connectivity index (χ0) is 15.4. The number of aliphatic hydroxyl groups is 1. The molecule has 2 rings (SSSR count). The minimum atomic E-state index is -0.402. The van der Waals surface area contributed by atoms with Gasteiger partial charge in [-0.15, -0.1) is 11.3 Å². The summed E-state index contributed by atoms with van der Waals surface area (Å²) in [5, 5.41) is 21.4. The average molecular weight is 311 g/mol. The Morgan fingerprint density at radius 3 is 2.86 bits per heavy atom. The minimum absolute atomic E-state index is 0.0238. The third kappa shape index (κ3) is 3.46. The van der Waals surface area contributed by atoms with E-state index >= 15 is 0 Å². The first-order valence-electron chi connectivity index (χ1n) is 6.47. The highest BCUT2D eigenvalue weighted by Crippen LogP contribution is 2.35. The molecule has 0 bridgehead atoms. The molecule has 1 N–H and O–H groups in total. The number of rotatable bonds is 7. The highest BCUT2D eigenvalue weighted by molar-refractivity contribution is 7.18. The van der Waals surface area contributed by atoms with Gasteiger partial charge in [0, 0.05) is 26.3 Å². The van der Waals surface area contributed by atoms with Crippen LogP contribution in [0.4, 0.5) is 11.4 Å². The van der Waals surface area contributed by atoms with E-state index in [9.17, 15) is 15.2 Å². The van der Waals surface area contributed by atoms with Gasteiger partial charge in [-0.2, -0.15) is 0 Å². The molecule has 0 saturated heterocycles. The van der Waals surface area contributed by atoms with E-state index in [1.807, 2.05) is 6.92 Å². The van der Waals surface area contributed by atoms with Crippen molar-refractivity contribution in [1.82, 2.24) is 4.98 Å². The molecule has 0 aliphatic heterocycles. The number of aromatic nitrogens is 1. The Morgan fingerprint density at radius 1 is 1.48 bits per heavy atom. The summed E-state index contributed by atoms with van der Waals surface area (Å²) in [7, 11) is 1.57. The molecule has 2 aromatic rings. The number of aliphatic hydroxyl groups excluding tert-OH is 1.